The van der Waals surface area contributed by atoms with Gasteiger partial charge in [-0.25, -0.2) is 0 Å². The van der Waals surface area contributed by atoms with Crippen LogP contribution in [0.2, 0.25) is 0 Å². The molecular weight excluding hydrogens is 527 g/mol. The van der Waals surface area contributed by atoms with Crippen LogP contribution in [0.4, 0.5) is 0 Å². The van der Waals surface area contributed by atoms with Crippen LogP contribution in [0.1, 0.15) is 0 Å². The van der Waals surface area contributed by atoms with Gasteiger partial charge in [0.15, 0.2) is 0 Å². The van der Waals surface area contributed by atoms with Crippen LogP contribution in [-0.2, 0) is 11.8 Å². The molecule has 0 saturated heterocycles. The third kappa shape index (κ3) is 2.91. The molecule has 2 aliphatic rings. The van der Waals surface area contributed by atoms with Gasteiger partial charge in [0.1, 0.15) is 23.0 Å². The minimum absolute atomic E-state index is 0.797. The maximum atomic E-state index is 6.84. The highest BCUT2D eigenvalue weighted by Gasteiger charge is 2.43. The minimum Gasteiger partial charge on any atom is -0.456 e. The van der Waals surface area contributed by atoms with E-state index in [1.165, 1.54) is 26.9 Å². The van der Waals surface area contributed by atoms with E-state index >= 15 is 0 Å². The second-order valence-electron chi connectivity index (χ2n) is 10.4. The third-order valence-corrected chi connectivity index (χ3v) is 13.2. The lowest BCUT2D eigenvalue weighted by atomic mass is 9.93. The van der Waals surface area contributed by atoms with Crippen LogP contribution >= 0.6 is 6.04 Å². The van der Waals surface area contributed by atoms with Gasteiger partial charge in [0, 0.05) is 10.6 Å². The second kappa shape index (κ2) is 8.05. The third-order valence-electron chi connectivity index (χ3n) is 8.26. The molecule has 2 aliphatic heterocycles. The molecule has 9 rings (SSSR count). The van der Waals surface area contributed by atoms with E-state index in [2.05, 4.69) is 115 Å². The maximum absolute atomic E-state index is 6.84. The Balaban J connectivity index is 1.38. The van der Waals surface area contributed by atoms with E-state index in [1.54, 1.807) is 0 Å². The van der Waals surface area contributed by atoms with Crippen LogP contribution in [0, 0.1) is 0 Å². The van der Waals surface area contributed by atoms with Gasteiger partial charge in [-0.15, -0.1) is 0 Å². The molecule has 7 aromatic rings. The van der Waals surface area contributed by atoms with Gasteiger partial charge in [0.2, 0.25) is 0 Å². The van der Waals surface area contributed by atoms with Crippen LogP contribution in [0.3, 0.4) is 0 Å². The summed E-state index contributed by atoms with van der Waals surface area (Å²) >= 11 is 6.84. The van der Waals surface area contributed by atoms with Gasteiger partial charge in [-0.3, -0.25) is 0 Å². The fraction of sp³-hybridized carbons (Fsp3) is 0. The molecule has 0 N–H and O–H groups in total. The molecule has 0 bridgehead atoms. The Bertz CT molecular complexity index is 2250. The molecule has 1 unspecified atom stereocenters. The Morgan fingerprint density at radius 2 is 1.07 bits per heavy atom. The summed E-state index contributed by atoms with van der Waals surface area (Å²) in [4.78, 5) is 0. The molecule has 188 valence electrons. The molecule has 1 atom stereocenters. The fourth-order valence-electron chi connectivity index (χ4n) is 6.53. The highest BCUT2D eigenvalue weighted by atomic mass is 32.4. The first-order chi connectivity index (χ1) is 19.7. The van der Waals surface area contributed by atoms with Crippen molar-refractivity contribution in [3.8, 4) is 34.1 Å². The highest BCUT2D eigenvalue weighted by molar-refractivity contribution is 8.26. The van der Waals surface area contributed by atoms with Gasteiger partial charge >= 0.3 is 0 Å². The van der Waals surface area contributed by atoms with E-state index in [4.69, 9.17) is 21.3 Å². The quantitative estimate of drug-likeness (QED) is 0.151. The molecule has 2 heterocycles. The first-order valence-electron chi connectivity index (χ1n) is 13.4. The predicted octanol–water partition coefficient (Wildman–Crippen LogP) is 8.78. The van der Waals surface area contributed by atoms with E-state index in [1.807, 2.05) is 12.1 Å². The van der Waals surface area contributed by atoms with Crippen molar-refractivity contribution < 1.29 is 9.47 Å². The standard InChI is InChI=1S/C36H21O2PS/c40-39-34-16-8-7-15-30(34)37-32-20-24(29-19-23-10-2-3-11-25(23)27-13-5-6-14-28(27)29)21-33(36(32)39)38-31-18-17-22-9-1-4-12-26(22)35(31)39/h1-21H. The Hall–Kier alpha value is -4.43. The van der Waals surface area contributed by atoms with E-state index in [0.717, 1.165) is 55.4 Å². The number of fused-ring (bicyclic) bond motifs is 9. The van der Waals surface area contributed by atoms with E-state index in [-0.39, 0.29) is 0 Å². The topological polar surface area (TPSA) is 18.5 Å². The number of rotatable bonds is 1. The number of ether oxygens (including phenoxy) is 2. The number of benzene rings is 7. The summed E-state index contributed by atoms with van der Waals surface area (Å²) in [6.07, 6.45) is 0. The molecule has 0 radical (unpaired) electrons. The first-order valence-corrected chi connectivity index (χ1v) is 16.2. The zero-order valence-electron chi connectivity index (χ0n) is 21.3. The molecule has 2 nitrogen and oxygen atoms in total. The molecule has 0 aromatic heterocycles. The van der Waals surface area contributed by atoms with Crippen LogP contribution in [0.15, 0.2) is 127 Å². The van der Waals surface area contributed by atoms with E-state index < -0.39 is 6.04 Å². The van der Waals surface area contributed by atoms with Crippen molar-refractivity contribution in [1.29, 1.82) is 0 Å². The highest BCUT2D eigenvalue weighted by Crippen LogP contribution is 2.60. The SMILES string of the molecule is S=P12c3ccccc3Oc3cc(-c4cc5ccccc5c5ccccc45)cc(c31)Oc1ccc3ccccc3c12. The summed E-state index contributed by atoms with van der Waals surface area (Å²) < 4.78 is 13.4. The van der Waals surface area contributed by atoms with Crippen LogP contribution in [-0.4, -0.2) is 0 Å². The lowest BCUT2D eigenvalue weighted by Gasteiger charge is -2.38. The van der Waals surface area contributed by atoms with Gasteiger partial charge < -0.3 is 9.47 Å². The van der Waals surface area contributed by atoms with Crippen molar-refractivity contribution in [2.45, 2.75) is 0 Å². The molecule has 40 heavy (non-hydrogen) atoms. The van der Waals surface area contributed by atoms with Crippen molar-refractivity contribution in [3.63, 3.8) is 0 Å². The average Bonchev–Trinajstić information content (AvgIpc) is 3.00. The second-order valence-corrected chi connectivity index (χ2v) is 14.7. The smallest absolute Gasteiger partial charge is 0.140 e. The number of hydrogen-bond acceptors (Lipinski definition) is 3. The van der Waals surface area contributed by atoms with Crippen molar-refractivity contribution in [2.75, 3.05) is 0 Å². The molecule has 4 heteroatoms. The van der Waals surface area contributed by atoms with Gasteiger partial charge in [-0.1, -0.05) is 103 Å². The molecule has 0 spiro atoms. The molecule has 0 fully saturated rings. The van der Waals surface area contributed by atoms with Crippen LogP contribution < -0.4 is 25.4 Å². The first kappa shape index (κ1) is 22.4. The fourth-order valence-corrected chi connectivity index (χ4v) is 11.3. The molecule has 0 aliphatic carbocycles. The summed E-state index contributed by atoms with van der Waals surface area (Å²) in [6.45, 7) is 0. The molecule has 0 amide bonds. The van der Waals surface area contributed by atoms with Crippen molar-refractivity contribution >= 4 is 66.1 Å². The average molecular weight is 549 g/mol. The van der Waals surface area contributed by atoms with E-state index in [9.17, 15) is 0 Å². The van der Waals surface area contributed by atoms with Crippen molar-refractivity contribution in [3.05, 3.63) is 127 Å². The lowest BCUT2D eigenvalue weighted by Crippen LogP contribution is -2.35. The predicted molar refractivity (Wildman–Crippen MR) is 171 cm³/mol. The molecule has 7 aromatic carbocycles. The van der Waals surface area contributed by atoms with Gasteiger partial charge in [0.25, 0.3) is 0 Å². The summed E-state index contributed by atoms with van der Waals surface area (Å²) in [7, 11) is 0. The van der Waals surface area contributed by atoms with Gasteiger partial charge in [-0.05, 0) is 79.8 Å². The largest absolute Gasteiger partial charge is 0.456 e. The maximum Gasteiger partial charge on any atom is 0.140 e. The van der Waals surface area contributed by atoms with Gasteiger partial charge in [-0.2, -0.15) is 0 Å². The van der Waals surface area contributed by atoms with Crippen LogP contribution in [0.25, 0.3) is 43.4 Å². The Morgan fingerprint density at radius 1 is 0.450 bits per heavy atom. The monoisotopic (exact) mass is 548 g/mol. The lowest BCUT2D eigenvalue weighted by molar-refractivity contribution is 0.467. The zero-order valence-corrected chi connectivity index (χ0v) is 23.0. The van der Waals surface area contributed by atoms with Crippen molar-refractivity contribution in [2.24, 2.45) is 0 Å². The molecular formula is C36H21O2PS. The zero-order chi connectivity index (χ0) is 26.4. The summed E-state index contributed by atoms with van der Waals surface area (Å²) in [5.41, 5.74) is 2.21. The number of hydrogen-bond donors (Lipinski definition) is 0. The van der Waals surface area contributed by atoms with Crippen molar-refractivity contribution in [1.82, 2.24) is 0 Å². The summed E-state index contributed by atoms with van der Waals surface area (Å²) in [6, 6.07) is 42.3. The summed E-state index contributed by atoms with van der Waals surface area (Å²) in [5.74, 6) is 3.28. The van der Waals surface area contributed by atoms with Gasteiger partial charge in [0.05, 0.1) is 11.3 Å². The Kier molecular flexibility index (Phi) is 4.51. The van der Waals surface area contributed by atoms with E-state index in [0.29, 0.717) is 0 Å². The summed E-state index contributed by atoms with van der Waals surface area (Å²) in [5, 5.41) is 10.4. The van der Waals surface area contributed by atoms with Crippen LogP contribution in [0.5, 0.6) is 23.0 Å². The molecule has 0 saturated carbocycles. The Labute approximate surface area is 236 Å². The minimum atomic E-state index is -2.48. The normalized spacial score (nSPS) is 16.6. The number of para-hydroxylation sites is 1. The Morgan fingerprint density at radius 3 is 1.90 bits per heavy atom.